The van der Waals surface area contributed by atoms with Crippen molar-refractivity contribution in [3.05, 3.63) is 65.5 Å². The van der Waals surface area contributed by atoms with Gasteiger partial charge in [-0.15, -0.1) is 0 Å². The van der Waals surface area contributed by atoms with Crippen LogP contribution < -0.4 is 5.32 Å². The lowest BCUT2D eigenvalue weighted by Crippen LogP contribution is -2.45. The van der Waals surface area contributed by atoms with Crippen LogP contribution in [0.25, 0.3) is 10.8 Å². The highest BCUT2D eigenvalue weighted by molar-refractivity contribution is 6.07. The number of fused-ring (bicyclic) bond motifs is 1. The Labute approximate surface area is 183 Å². The van der Waals surface area contributed by atoms with Crippen LogP contribution in [-0.2, 0) is 11.3 Å². The second-order valence-electron chi connectivity index (χ2n) is 8.41. The van der Waals surface area contributed by atoms with Crippen LogP contribution in [0.1, 0.15) is 41.0 Å². The average molecular weight is 419 g/mol. The monoisotopic (exact) mass is 418 g/mol. The zero-order chi connectivity index (χ0) is 21.8. The van der Waals surface area contributed by atoms with Gasteiger partial charge in [0.2, 0.25) is 5.91 Å². The number of carbonyl (C=O) groups excluding carboxylic acids is 2. The molecule has 1 aliphatic rings. The fraction of sp³-hybridized carbons (Fsp3) is 0.400. The molecule has 162 valence electrons. The van der Waals surface area contributed by atoms with Crippen LogP contribution in [0.5, 0.6) is 0 Å². The summed E-state index contributed by atoms with van der Waals surface area (Å²) in [5.41, 5.74) is 2.86. The molecule has 1 saturated heterocycles. The van der Waals surface area contributed by atoms with E-state index in [0.29, 0.717) is 25.2 Å². The van der Waals surface area contributed by atoms with Crippen LogP contribution in [0.15, 0.2) is 48.5 Å². The summed E-state index contributed by atoms with van der Waals surface area (Å²) in [5.74, 6) is -0.0935. The normalized spacial score (nSPS) is 16.5. The standard InChI is InChI=1S/C25H30N4O2/c1-18-16-19(2)29(27-18)15-7-13-26-24(30)21-10-6-14-28(17-21)25(31)23-12-5-9-20-8-3-4-11-22(20)23/h3-5,8-9,11-12,16,21H,6-7,10,13-15,17H2,1-2H3,(H,26,30)/t21-/m1/s1. The van der Waals surface area contributed by atoms with E-state index in [0.717, 1.165) is 48.0 Å². The van der Waals surface area contributed by atoms with E-state index in [9.17, 15) is 9.59 Å². The van der Waals surface area contributed by atoms with Crippen LogP contribution in [0.3, 0.4) is 0 Å². The van der Waals surface area contributed by atoms with Crippen molar-refractivity contribution in [2.24, 2.45) is 5.92 Å². The first kappa shape index (κ1) is 21.1. The summed E-state index contributed by atoms with van der Waals surface area (Å²) in [6, 6.07) is 15.8. The third-order valence-electron chi connectivity index (χ3n) is 6.05. The molecule has 2 heterocycles. The summed E-state index contributed by atoms with van der Waals surface area (Å²) in [7, 11) is 0. The van der Waals surface area contributed by atoms with Crippen molar-refractivity contribution >= 4 is 22.6 Å². The van der Waals surface area contributed by atoms with Crippen molar-refractivity contribution in [1.82, 2.24) is 20.0 Å². The van der Waals surface area contributed by atoms with Gasteiger partial charge in [0.1, 0.15) is 0 Å². The molecule has 4 rings (SSSR count). The molecule has 3 aromatic rings. The minimum absolute atomic E-state index is 0.0128. The summed E-state index contributed by atoms with van der Waals surface area (Å²) < 4.78 is 1.98. The molecule has 0 aliphatic carbocycles. The average Bonchev–Trinajstić information content (AvgIpc) is 3.12. The molecule has 0 saturated carbocycles. The quantitative estimate of drug-likeness (QED) is 0.621. The van der Waals surface area contributed by atoms with Gasteiger partial charge in [0.15, 0.2) is 0 Å². The Balaban J connectivity index is 1.33. The Morgan fingerprint density at radius 3 is 2.74 bits per heavy atom. The first-order valence-electron chi connectivity index (χ1n) is 11.1. The topological polar surface area (TPSA) is 67.2 Å². The third kappa shape index (κ3) is 4.79. The molecular formula is C25H30N4O2. The van der Waals surface area contributed by atoms with Gasteiger partial charge in [0.05, 0.1) is 11.6 Å². The Morgan fingerprint density at radius 2 is 1.94 bits per heavy atom. The number of amides is 2. The fourth-order valence-corrected chi connectivity index (χ4v) is 4.44. The van der Waals surface area contributed by atoms with Gasteiger partial charge in [-0.2, -0.15) is 5.10 Å². The summed E-state index contributed by atoms with van der Waals surface area (Å²) in [6.45, 7) is 6.61. The lowest BCUT2D eigenvalue weighted by Gasteiger charge is -2.32. The van der Waals surface area contributed by atoms with E-state index in [4.69, 9.17) is 0 Å². The molecule has 2 aromatic carbocycles. The van der Waals surface area contributed by atoms with E-state index >= 15 is 0 Å². The molecule has 0 unspecified atom stereocenters. The number of hydrogen-bond donors (Lipinski definition) is 1. The molecule has 6 nitrogen and oxygen atoms in total. The van der Waals surface area contributed by atoms with E-state index in [1.165, 1.54) is 0 Å². The molecule has 1 atom stereocenters. The number of nitrogens with zero attached hydrogens (tertiary/aromatic N) is 3. The van der Waals surface area contributed by atoms with Crippen molar-refractivity contribution in [2.75, 3.05) is 19.6 Å². The van der Waals surface area contributed by atoms with Gasteiger partial charge in [-0.3, -0.25) is 14.3 Å². The first-order chi connectivity index (χ1) is 15.0. The number of benzene rings is 2. The zero-order valence-corrected chi connectivity index (χ0v) is 18.3. The van der Waals surface area contributed by atoms with Gasteiger partial charge < -0.3 is 10.2 Å². The second-order valence-corrected chi connectivity index (χ2v) is 8.41. The maximum atomic E-state index is 13.2. The van der Waals surface area contributed by atoms with E-state index in [-0.39, 0.29) is 17.7 Å². The highest BCUT2D eigenvalue weighted by Gasteiger charge is 2.29. The molecular weight excluding hydrogens is 388 g/mol. The Hall–Kier alpha value is -3.15. The molecule has 0 bridgehead atoms. The van der Waals surface area contributed by atoms with Gasteiger partial charge >= 0.3 is 0 Å². The highest BCUT2D eigenvalue weighted by Crippen LogP contribution is 2.23. The first-order valence-corrected chi connectivity index (χ1v) is 11.1. The van der Waals surface area contributed by atoms with Crippen molar-refractivity contribution in [3.63, 3.8) is 0 Å². The van der Waals surface area contributed by atoms with Crippen LogP contribution in [0.2, 0.25) is 0 Å². The van der Waals surface area contributed by atoms with E-state index in [1.54, 1.807) is 0 Å². The van der Waals surface area contributed by atoms with Crippen molar-refractivity contribution in [2.45, 2.75) is 39.7 Å². The van der Waals surface area contributed by atoms with E-state index < -0.39 is 0 Å². The summed E-state index contributed by atoms with van der Waals surface area (Å²) in [4.78, 5) is 27.8. The van der Waals surface area contributed by atoms with Crippen LogP contribution >= 0.6 is 0 Å². The maximum absolute atomic E-state index is 13.2. The summed E-state index contributed by atoms with van der Waals surface area (Å²) in [5, 5.41) is 9.54. The predicted molar refractivity (Wildman–Crippen MR) is 122 cm³/mol. The number of hydrogen-bond acceptors (Lipinski definition) is 3. The van der Waals surface area contributed by atoms with Gasteiger partial charge in [-0.25, -0.2) is 0 Å². The molecule has 31 heavy (non-hydrogen) atoms. The smallest absolute Gasteiger partial charge is 0.254 e. The summed E-state index contributed by atoms with van der Waals surface area (Å²) in [6.07, 6.45) is 2.50. The largest absolute Gasteiger partial charge is 0.356 e. The Kier molecular flexibility index (Phi) is 6.35. The molecule has 2 amide bonds. The Morgan fingerprint density at radius 1 is 1.13 bits per heavy atom. The molecule has 1 aromatic heterocycles. The fourth-order valence-electron chi connectivity index (χ4n) is 4.44. The van der Waals surface area contributed by atoms with Crippen LogP contribution in [0, 0.1) is 19.8 Å². The number of likely N-dealkylation sites (tertiary alicyclic amines) is 1. The Bertz CT molecular complexity index is 1080. The minimum Gasteiger partial charge on any atom is -0.356 e. The number of rotatable bonds is 6. The van der Waals surface area contributed by atoms with E-state index in [2.05, 4.69) is 16.5 Å². The van der Waals surface area contributed by atoms with Crippen molar-refractivity contribution in [1.29, 1.82) is 0 Å². The van der Waals surface area contributed by atoms with Gasteiger partial charge in [-0.1, -0.05) is 36.4 Å². The lowest BCUT2D eigenvalue weighted by molar-refractivity contribution is -0.126. The molecule has 0 spiro atoms. The van der Waals surface area contributed by atoms with Gasteiger partial charge in [-0.05, 0) is 56.0 Å². The lowest BCUT2D eigenvalue weighted by atomic mass is 9.95. The number of carbonyl (C=O) groups is 2. The number of piperidine rings is 1. The second kappa shape index (κ2) is 9.33. The zero-order valence-electron chi connectivity index (χ0n) is 18.3. The van der Waals surface area contributed by atoms with Crippen molar-refractivity contribution in [3.8, 4) is 0 Å². The minimum atomic E-state index is -0.152. The summed E-state index contributed by atoms with van der Waals surface area (Å²) >= 11 is 0. The molecule has 1 N–H and O–H groups in total. The van der Waals surface area contributed by atoms with Crippen molar-refractivity contribution < 1.29 is 9.59 Å². The van der Waals surface area contributed by atoms with Gasteiger partial charge in [0, 0.05) is 37.4 Å². The predicted octanol–water partition coefficient (Wildman–Crippen LogP) is 3.71. The number of aromatic nitrogens is 2. The number of aryl methyl sites for hydroxylation is 3. The molecule has 6 heteroatoms. The molecule has 1 fully saturated rings. The van der Waals surface area contributed by atoms with Crippen LogP contribution in [-0.4, -0.2) is 46.1 Å². The third-order valence-corrected chi connectivity index (χ3v) is 6.05. The molecule has 1 aliphatic heterocycles. The highest BCUT2D eigenvalue weighted by atomic mass is 16.2. The van der Waals surface area contributed by atoms with E-state index in [1.807, 2.05) is 65.9 Å². The maximum Gasteiger partial charge on any atom is 0.254 e. The molecule has 0 radical (unpaired) electrons. The van der Waals surface area contributed by atoms with Gasteiger partial charge in [0.25, 0.3) is 5.91 Å². The van der Waals surface area contributed by atoms with Crippen LogP contribution in [0.4, 0.5) is 0 Å². The SMILES string of the molecule is Cc1cc(C)n(CCCNC(=O)[C@@H]2CCCN(C(=O)c3cccc4ccccc34)C2)n1. The number of nitrogens with one attached hydrogen (secondary N) is 1.